The second-order valence-corrected chi connectivity index (χ2v) is 8.82. The van der Waals surface area contributed by atoms with Crippen LogP contribution in [0.4, 0.5) is 5.69 Å². The summed E-state index contributed by atoms with van der Waals surface area (Å²) in [5.74, 6) is -0.148. The lowest BCUT2D eigenvalue weighted by molar-refractivity contribution is 0.0955. The summed E-state index contributed by atoms with van der Waals surface area (Å²) < 4.78 is 6.70. The number of hydrogen-bond acceptors (Lipinski definition) is 3. The number of carbonyl (C=O) groups excluding carboxylic acids is 2. The first-order chi connectivity index (χ1) is 17.1. The van der Waals surface area contributed by atoms with Gasteiger partial charge in [0.2, 0.25) is 0 Å². The maximum atomic E-state index is 13.2. The van der Waals surface area contributed by atoms with E-state index in [4.69, 9.17) is 4.74 Å². The van der Waals surface area contributed by atoms with E-state index in [9.17, 15) is 9.59 Å². The molecule has 0 aliphatic carbocycles. The molecule has 2 N–H and O–H groups in total. The van der Waals surface area contributed by atoms with Crippen molar-refractivity contribution in [3.63, 3.8) is 0 Å². The summed E-state index contributed by atoms with van der Waals surface area (Å²) >= 11 is 3.43. The van der Waals surface area contributed by atoms with E-state index in [0.717, 1.165) is 22.0 Å². The van der Waals surface area contributed by atoms with Gasteiger partial charge in [0.15, 0.2) is 0 Å². The molecular formula is C29H25BrN2O3. The lowest BCUT2D eigenvalue weighted by Gasteiger charge is -2.14. The fourth-order valence-corrected chi connectivity index (χ4v) is 3.94. The summed E-state index contributed by atoms with van der Waals surface area (Å²) in [6.45, 7) is 0.831. The standard InChI is InChI=1S/C29H25BrN2O3/c30-23-15-16-27(35-20-22-11-5-2-6-12-22)25(19-23)29(34)32-26-14-8-7-13-24(26)28(33)31-18-17-21-9-3-1-4-10-21/h1-16,19H,17-18,20H2,(H,31,33)(H,32,34). The predicted octanol–water partition coefficient (Wildman–Crippen LogP) is 6.25. The van der Waals surface area contributed by atoms with Crippen molar-refractivity contribution in [2.24, 2.45) is 0 Å². The number of halogens is 1. The van der Waals surface area contributed by atoms with Crippen LogP contribution in [0.1, 0.15) is 31.8 Å². The minimum Gasteiger partial charge on any atom is -0.488 e. The molecule has 4 rings (SSSR count). The molecule has 35 heavy (non-hydrogen) atoms. The number of anilines is 1. The highest BCUT2D eigenvalue weighted by Gasteiger charge is 2.17. The van der Waals surface area contributed by atoms with Crippen LogP contribution in [0.5, 0.6) is 5.75 Å². The zero-order valence-electron chi connectivity index (χ0n) is 19.0. The molecule has 0 aromatic heterocycles. The molecular weight excluding hydrogens is 504 g/mol. The predicted molar refractivity (Wildman–Crippen MR) is 142 cm³/mol. The second kappa shape index (κ2) is 12.0. The van der Waals surface area contributed by atoms with Gasteiger partial charge in [-0.3, -0.25) is 9.59 Å². The van der Waals surface area contributed by atoms with Gasteiger partial charge in [0.25, 0.3) is 11.8 Å². The SMILES string of the molecule is O=C(NCCc1ccccc1)c1ccccc1NC(=O)c1cc(Br)ccc1OCc1ccccc1. The fourth-order valence-electron chi connectivity index (χ4n) is 3.58. The number of para-hydroxylation sites is 1. The van der Waals surface area contributed by atoms with E-state index in [1.54, 1.807) is 36.4 Å². The van der Waals surface area contributed by atoms with Gasteiger partial charge in [-0.1, -0.05) is 88.7 Å². The molecule has 0 atom stereocenters. The first-order valence-corrected chi connectivity index (χ1v) is 12.1. The van der Waals surface area contributed by atoms with Crippen molar-refractivity contribution >= 4 is 33.4 Å². The van der Waals surface area contributed by atoms with Crippen LogP contribution in [-0.2, 0) is 13.0 Å². The Morgan fingerprint density at radius 2 is 1.37 bits per heavy atom. The van der Waals surface area contributed by atoms with Crippen molar-refractivity contribution in [3.05, 3.63) is 130 Å². The summed E-state index contributed by atoms with van der Waals surface area (Å²) in [4.78, 5) is 26.1. The van der Waals surface area contributed by atoms with E-state index < -0.39 is 0 Å². The molecule has 4 aromatic carbocycles. The summed E-state index contributed by atoms with van der Waals surface area (Å²) in [6.07, 6.45) is 0.723. The van der Waals surface area contributed by atoms with Crippen LogP contribution in [0.2, 0.25) is 0 Å². The highest BCUT2D eigenvalue weighted by atomic mass is 79.9. The molecule has 0 radical (unpaired) electrons. The molecule has 0 saturated carbocycles. The Morgan fingerprint density at radius 3 is 2.11 bits per heavy atom. The Labute approximate surface area is 213 Å². The molecule has 0 heterocycles. The van der Waals surface area contributed by atoms with Gasteiger partial charge in [0.05, 0.1) is 16.8 Å². The number of rotatable bonds is 9. The van der Waals surface area contributed by atoms with Gasteiger partial charge < -0.3 is 15.4 Å². The molecule has 2 amide bonds. The van der Waals surface area contributed by atoms with Crippen molar-refractivity contribution in [2.75, 3.05) is 11.9 Å². The van der Waals surface area contributed by atoms with E-state index >= 15 is 0 Å². The van der Waals surface area contributed by atoms with Crippen molar-refractivity contribution in [2.45, 2.75) is 13.0 Å². The van der Waals surface area contributed by atoms with Gasteiger partial charge in [-0.2, -0.15) is 0 Å². The third kappa shape index (κ3) is 6.80. The first-order valence-electron chi connectivity index (χ1n) is 11.3. The molecule has 0 unspecified atom stereocenters. The third-order valence-electron chi connectivity index (χ3n) is 5.39. The van der Waals surface area contributed by atoms with Crippen molar-refractivity contribution < 1.29 is 14.3 Å². The van der Waals surface area contributed by atoms with Crippen molar-refractivity contribution in [1.29, 1.82) is 0 Å². The minimum atomic E-state index is -0.362. The molecule has 176 valence electrons. The van der Waals surface area contributed by atoms with E-state index in [1.165, 1.54) is 0 Å². The van der Waals surface area contributed by atoms with Gasteiger partial charge in [0, 0.05) is 11.0 Å². The maximum Gasteiger partial charge on any atom is 0.259 e. The zero-order valence-corrected chi connectivity index (χ0v) is 20.6. The quantitative estimate of drug-likeness (QED) is 0.269. The van der Waals surface area contributed by atoms with E-state index in [0.29, 0.717) is 35.7 Å². The Bertz CT molecular complexity index is 1290. The van der Waals surface area contributed by atoms with Crippen LogP contribution in [0.15, 0.2) is 108 Å². The van der Waals surface area contributed by atoms with Gasteiger partial charge in [-0.25, -0.2) is 0 Å². The molecule has 0 aliphatic heterocycles. The lowest BCUT2D eigenvalue weighted by Crippen LogP contribution is -2.27. The zero-order chi connectivity index (χ0) is 24.5. The van der Waals surface area contributed by atoms with Crippen LogP contribution < -0.4 is 15.4 Å². The van der Waals surface area contributed by atoms with Gasteiger partial charge in [-0.05, 0) is 47.9 Å². The molecule has 5 nitrogen and oxygen atoms in total. The minimum absolute atomic E-state index is 0.244. The highest BCUT2D eigenvalue weighted by molar-refractivity contribution is 9.10. The molecule has 6 heteroatoms. The Hall–Kier alpha value is -3.90. The van der Waals surface area contributed by atoms with Crippen LogP contribution in [0, 0.1) is 0 Å². The molecule has 0 spiro atoms. The highest BCUT2D eigenvalue weighted by Crippen LogP contribution is 2.26. The normalized spacial score (nSPS) is 10.4. The summed E-state index contributed by atoms with van der Waals surface area (Å²) in [7, 11) is 0. The van der Waals surface area contributed by atoms with Gasteiger partial charge >= 0.3 is 0 Å². The topological polar surface area (TPSA) is 67.4 Å². The number of benzene rings is 4. The van der Waals surface area contributed by atoms with Crippen LogP contribution in [0.3, 0.4) is 0 Å². The average molecular weight is 529 g/mol. The van der Waals surface area contributed by atoms with Crippen molar-refractivity contribution in [1.82, 2.24) is 5.32 Å². The Morgan fingerprint density at radius 1 is 0.714 bits per heavy atom. The van der Waals surface area contributed by atoms with E-state index in [-0.39, 0.29) is 11.8 Å². The summed E-state index contributed by atoms with van der Waals surface area (Å²) in [5, 5.41) is 5.82. The largest absolute Gasteiger partial charge is 0.488 e. The number of hydrogen-bond donors (Lipinski definition) is 2. The summed E-state index contributed by atoms with van der Waals surface area (Å²) in [6, 6.07) is 32.0. The van der Waals surface area contributed by atoms with Crippen LogP contribution in [-0.4, -0.2) is 18.4 Å². The summed E-state index contributed by atoms with van der Waals surface area (Å²) in [5.41, 5.74) is 3.35. The van der Waals surface area contributed by atoms with E-state index in [1.807, 2.05) is 66.7 Å². The molecule has 0 bridgehead atoms. The fraction of sp³-hybridized carbons (Fsp3) is 0.103. The van der Waals surface area contributed by atoms with Gasteiger partial charge in [-0.15, -0.1) is 0 Å². The number of amides is 2. The molecule has 4 aromatic rings. The smallest absolute Gasteiger partial charge is 0.259 e. The first kappa shape index (κ1) is 24.2. The van der Waals surface area contributed by atoms with Crippen LogP contribution in [0.25, 0.3) is 0 Å². The number of ether oxygens (including phenoxy) is 1. The third-order valence-corrected chi connectivity index (χ3v) is 5.88. The van der Waals surface area contributed by atoms with E-state index in [2.05, 4.69) is 26.6 Å². The lowest BCUT2D eigenvalue weighted by atomic mass is 10.1. The van der Waals surface area contributed by atoms with Gasteiger partial charge in [0.1, 0.15) is 12.4 Å². The number of nitrogens with one attached hydrogen (secondary N) is 2. The maximum absolute atomic E-state index is 13.2. The Kier molecular flexibility index (Phi) is 8.30. The molecule has 0 saturated heterocycles. The monoisotopic (exact) mass is 528 g/mol. The number of carbonyl (C=O) groups is 2. The molecule has 0 fully saturated rings. The Balaban J connectivity index is 1.45. The second-order valence-electron chi connectivity index (χ2n) is 7.91. The van der Waals surface area contributed by atoms with Crippen LogP contribution >= 0.6 is 15.9 Å². The van der Waals surface area contributed by atoms with Crippen molar-refractivity contribution in [3.8, 4) is 5.75 Å². The molecule has 0 aliphatic rings. The average Bonchev–Trinajstić information content (AvgIpc) is 2.89.